The highest BCUT2D eigenvalue weighted by Gasteiger charge is 2.81. The van der Waals surface area contributed by atoms with Gasteiger partial charge in [0.25, 0.3) is 17.5 Å². The van der Waals surface area contributed by atoms with Crippen molar-refractivity contribution in [2.75, 3.05) is 64.9 Å². The number of aliphatic hydroxyl groups is 2. The van der Waals surface area contributed by atoms with Crippen molar-refractivity contribution in [3.63, 3.8) is 0 Å². The highest BCUT2D eigenvalue weighted by Crippen LogP contribution is 2.68. The lowest BCUT2D eigenvalue weighted by molar-refractivity contribution is -0.385. The number of ether oxygens (including phenoxy) is 3. The number of methoxy groups -OCH3 is 2. The summed E-state index contributed by atoms with van der Waals surface area (Å²) in [6, 6.07) is 12.3. The number of carbonyl (C=O) groups excluding carboxylic acids is 7. The Morgan fingerprint density at radius 1 is 0.942 bits per heavy atom. The number of anilines is 1. The summed E-state index contributed by atoms with van der Waals surface area (Å²) in [5.74, 6) is -2.68. The van der Waals surface area contributed by atoms with Gasteiger partial charge in [0.2, 0.25) is 12.0 Å². The predicted molar refractivity (Wildman–Crippen MR) is 317 cm³/mol. The molecule has 21 nitrogen and oxygen atoms in total. The summed E-state index contributed by atoms with van der Waals surface area (Å²) in [5.41, 5.74) is -1.28. The number of unbranched alkanes of at least 4 members (excludes halogenated alkanes) is 2. The quantitative estimate of drug-likeness (QED) is 0.0103. The summed E-state index contributed by atoms with van der Waals surface area (Å²) in [6.07, 6.45) is 12.1. The normalized spacial score (nSPS) is 29.9. The van der Waals surface area contributed by atoms with Gasteiger partial charge in [0.05, 0.1) is 42.0 Å². The highest BCUT2D eigenvalue weighted by molar-refractivity contribution is 6.13. The Kier molecular flexibility index (Phi) is 15.9. The van der Waals surface area contributed by atoms with Gasteiger partial charge in [0, 0.05) is 127 Å². The molecule has 1 aromatic heterocycles. The summed E-state index contributed by atoms with van der Waals surface area (Å²) in [7, 11) is 2.76. The van der Waals surface area contributed by atoms with Crippen LogP contribution in [0, 0.1) is 21.4 Å². The van der Waals surface area contributed by atoms with Crippen LogP contribution in [0.5, 0.6) is 5.75 Å². The molecule has 7 heterocycles. The fourth-order valence-electron chi connectivity index (χ4n) is 16.5. The summed E-state index contributed by atoms with van der Waals surface area (Å²) < 4.78 is 18.0. The van der Waals surface area contributed by atoms with Gasteiger partial charge in [-0.05, 0) is 117 Å². The second kappa shape index (κ2) is 22.9. The van der Waals surface area contributed by atoms with Gasteiger partial charge in [-0.1, -0.05) is 44.6 Å². The molecule has 3 N–H and O–H groups in total. The molecule has 3 amide bonds. The summed E-state index contributed by atoms with van der Waals surface area (Å²) in [5, 5.41) is 38.9. The highest BCUT2D eigenvalue weighted by atomic mass is 16.6. The van der Waals surface area contributed by atoms with Crippen LogP contribution in [0.25, 0.3) is 10.9 Å². The minimum absolute atomic E-state index is 0.00290. The number of benzene rings is 3. The number of hydrogen-bond acceptors (Lipinski definition) is 17. The Hall–Kier alpha value is -7.72. The maximum atomic E-state index is 14.6. The molecule has 86 heavy (non-hydrogen) atoms. The summed E-state index contributed by atoms with van der Waals surface area (Å²) in [6.45, 7) is 10.3. The molecule has 1 saturated carbocycles. The molecule has 3 aromatic carbocycles. The van der Waals surface area contributed by atoms with Crippen molar-refractivity contribution < 1.29 is 62.9 Å². The van der Waals surface area contributed by atoms with Gasteiger partial charge in [-0.3, -0.25) is 58.6 Å². The van der Waals surface area contributed by atoms with Crippen molar-refractivity contribution >= 4 is 70.2 Å². The number of Topliss-reactive ketones (excluding diaryl/α,β-unsaturated/α-hetero) is 2. The van der Waals surface area contributed by atoms with E-state index in [9.17, 15) is 53.9 Å². The fourth-order valence-corrected chi connectivity index (χ4v) is 16.5. The number of piperidine rings is 1. The van der Waals surface area contributed by atoms with E-state index >= 15 is 0 Å². The van der Waals surface area contributed by atoms with Crippen LogP contribution in [0.1, 0.15) is 129 Å². The van der Waals surface area contributed by atoms with E-state index in [2.05, 4.69) is 32.8 Å². The van der Waals surface area contributed by atoms with Crippen molar-refractivity contribution in [3.8, 4) is 5.75 Å². The zero-order valence-electron chi connectivity index (χ0n) is 49.6. The molecular formula is C65H75N7O14. The molecule has 2 bridgehead atoms. The summed E-state index contributed by atoms with van der Waals surface area (Å²) in [4.78, 5) is 119. The van der Waals surface area contributed by atoms with Crippen molar-refractivity contribution in [1.82, 2.24) is 19.7 Å². The first-order valence-corrected chi connectivity index (χ1v) is 29.9. The molecule has 7 aliphatic rings. The van der Waals surface area contributed by atoms with Gasteiger partial charge in [0.1, 0.15) is 18.1 Å². The van der Waals surface area contributed by atoms with Crippen LogP contribution in [0.2, 0.25) is 0 Å². The third kappa shape index (κ3) is 9.78. The van der Waals surface area contributed by atoms with Crippen molar-refractivity contribution in [2.24, 2.45) is 16.3 Å². The van der Waals surface area contributed by atoms with Crippen LogP contribution in [0.15, 0.2) is 77.8 Å². The number of hydrogen-bond donors (Lipinski definition) is 3. The number of aliphatic imine (C=N–C) groups is 1. The Bertz CT molecular complexity index is 3560. The number of amides is 3. The minimum atomic E-state index is -2.54. The molecule has 2 saturated heterocycles. The second-order valence-electron chi connectivity index (χ2n) is 25.0. The lowest BCUT2D eigenvalue weighted by Crippen LogP contribution is -2.81. The van der Waals surface area contributed by atoms with Crippen molar-refractivity contribution in [2.45, 2.75) is 139 Å². The molecule has 3 fully saturated rings. The van der Waals surface area contributed by atoms with Gasteiger partial charge in [-0.2, -0.15) is 0 Å². The van der Waals surface area contributed by atoms with Crippen LogP contribution >= 0.6 is 0 Å². The third-order valence-corrected chi connectivity index (χ3v) is 20.1. The zero-order chi connectivity index (χ0) is 61.3. The maximum Gasteiger partial charge on any atom is 0.344 e. The van der Waals surface area contributed by atoms with Gasteiger partial charge < -0.3 is 34.3 Å². The van der Waals surface area contributed by atoms with Crippen molar-refractivity contribution in [1.29, 1.82) is 0 Å². The van der Waals surface area contributed by atoms with Crippen molar-refractivity contribution in [3.05, 3.63) is 122 Å². The van der Waals surface area contributed by atoms with E-state index in [0.717, 1.165) is 44.7 Å². The van der Waals surface area contributed by atoms with E-state index in [1.54, 1.807) is 19.4 Å². The first-order chi connectivity index (χ1) is 41.1. The van der Waals surface area contributed by atoms with E-state index in [4.69, 9.17) is 14.2 Å². The molecule has 4 aromatic rings. The number of rotatable bonds is 20. The summed E-state index contributed by atoms with van der Waals surface area (Å²) >= 11 is 0. The van der Waals surface area contributed by atoms with E-state index in [0.29, 0.717) is 113 Å². The zero-order valence-corrected chi connectivity index (χ0v) is 49.6. The second-order valence-corrected chi connectivity index (χ2v) is 25.0. The SMILES string of the molecule is CC[C@]1(O)C[C@H]2CN(CCc3c([nH]c4ccc(C=NCC(=O)c5ccc(CC(=O)CCCCCN6C(=O)C=CC6=O)cc5[N+](=O)[O-])cc34)[C@@](C)(c3cc4c(cc3OC)N(C=O)[C@H]3[C@@](O)(C(=O)OC)[C@H](OC(C)=O)[C@]5(CC)C=CCN6CC[C@]43[C@@H]65)C2)C1. The molecule has 454 valence electrons. The molecule has 6 aliphatic heterocycles. The molecule has 1 unspecified atom stereocenters. The van der Waals surface area contributed by atoms with E-state index in [1.165, 1.54) is 43.2 Å². The fraction of sp³-hybridized carbons (Fsp3) is 0.508. The minimum Gasteiger partial charge on any atom is -0.496 e. The van der Waals surface area contributed by atoms with Gasteiger partial charge >= 0.3 is 11.9 Å². The predicted octanol–water partition coefficient (Wildman–Crippen LogP) is 6.17. The monoisotopic (exact) mass is 1180 g/mol. The standard InChI is InChI=1S/C65H75N7O14/c1-7-62(80)33-42-32-61(4,48-30-47-51(31-53(48)84-5)71(38-73)58-64(47)22-26-69-23-12-21-63(8-2,57(64)69)59(86-39(3)74)65(58,81)60(79)85-6)56-44(20-25-68(36-42)37-62)46-28-41(15-17-49(46)67-56)34-66-35-52(76)45-16-14-40(29-50(45)72(82)83)27-43(75)13-10-9-11-24-70-54(77)18-19-55(70)78/h12,14-19,21,28-31,34,38,42,57-59,67,80-81H,7-11,13,20,22-27,32-33,35-37H2,1-6H3/t42-,57-,58+,59+,61+,62-,63+,64+,65-/m0/s1. The number of esters is 2. The molecule has 0 radical (unpaired) electrons. The van der Waals surface area contributed by atoms with Crippen LogP contribution in [0.3, 0.4) is 0 Å². The lowest BCUT2D eigenvalue weighted by Gasteiger charge is -2.63. The first kappa shape index (κ1) is 60.0. The molecule has 1 spiro atoms. The number of nitro benzene ring substituents is 1. The number of nitrogens with one attached hydrogen (secondary N) is 1. The van der Waals surface area contributed by atoms with Crippen LogP contribution in [0.4, 0.5) is 11.4 Å². The Labute approximate surface area is 498 Å². The smallest absolute Gasteiger partial charge is 0.344 e. The number of imide groups is 1. The Morgan fingerprint density at radius 3 is 2.42 bits per heavy atom. The number of ketones is 2. The van der Waals surface area contributed by atoms with Crippen LogP contribution in [-0.2, 0) is 61.9 Å². The van der Waals surface area contributed by atoms with E-state index in [-0.39, 0.29) is 55.0 Å². The number of aromatic amines is 1. The number of fused-ring (bicyclic) bond motifs is 6. The van der Waals surface area contributed by atoms with Crippen LogP contribution < -0.4 is 9.64 Å². The molecule has 21 heteroatoms. The number of carbonyl (C=O) groups is 7. The molecule has 10 atom stereocenters. The van der Waals surface area contributed by atoms with Gasteiger partial charge in [-0.25, -0.2) is 4.79 Å². The van der Waals surface area contributed by atoms with Gasteiger partial charge in [0.15, 0.2) is 11.9 Å². The Balaban J connectivity index is 0.932. The largest absolute Gasteiger partial charge is 0.496 e. The van der Waals surface area contributed by atoms with Crippen LogP contribution in [-0.4, -0.2) is 172 Å². The third-order valence-electron chi connectivity index (χ3n) is 20.1. The molecular weight excluding hydrogens is 1100 g/mol. The number of H-pyrrole nitrogens is 1. The lowest BCUT2D eigenvalue weighted by atomic mass is 9.47. The molecule has 1 aliphatic carbocycles. The topological polar surface area (TPSA) is 272 Å². The maximum absolute atomic E-state index is 14.6. The number of nitro groups is 1. The first-order valence-electron chi connectivity index (χ1n) is 29.9. The van der Waals surface area contributed by atoms with E-state index in [1.807, 2.05) is 50.3 Å². The number of nitrogens with zero attached hydrogens (tertiary/aromatic N) is 6. The van der Waals surface area contributed by atoms with Gasteiger partial charge in [-0.15, -0.1) is 0 Å². The number of aromatic nitrogens is 1. The Morgan fingerprint density at radius 2 is 1.72 bits per heavy atom. The average Bonchev–Trinajstić information content (AvgIpc) is 1.43. The van der Waals surface area contributed by atoms with E-state index < -0.39 is 74.0 Å². The average molecular weight is 1180 g/mol. The molecule has 11 rings (SSSR count).